The first-order valence-corrected chi connectivity index (χ1v) is 8.54. The highest BCUT2D eigenvalue weighted by atomic mass is 35.5. The molecule has 0 N–H and O–H groups in total. The van der Waals surface area contributed by atoms with E-state index < -0.39 is 0 Å². The van der Waals surface area contributed by atoms with Crippen molar-refractivity contribution in [3.05, 3.63) is 64.6 Å². The van der Waals surface area contributed by atoms with Crippen molar-refractivity contribution in [2.75, 3.05) is 26.2 Å². The van der Waals surface area contributed by atoms with E-state index in [9.17, 15) is 0 Å². The van der Waals surface area contributed by atoms with E-state index in [1.807, 2.05) is 43.5 Å². The van der Waals surface area contributed by atoms with Crippen LogP contribution >= 0.6 is 11.6 Å². The zero-order valence-electron chi connectivity index (χ0n) is 13.9. The summed E-state index contributed by atoms with van der Waals surface area (Å²) in [4.78, 5) is 2.45. The maximum absolute atomic E-state index is 5.93. The number of nitrogens with zero attached hydrogens (tertiary/aromatic N) is 3. The first-order chi connectivity index (χ1) is 11.7. The largest absolute Gasteiger partial charge is 0.465 e. The number of hydrogen-bond acceptors (Lipinski definition) is 4. The minimum Gasteiger partial charge on any atom is -0.465 e. The van der Waals surface area contributed by atoms with Crippen molar-refractivity contribution in [2.24, 2.45) is 5.10 Å². The van der Waals surface area contributed by atoms with E-state index in [1.54, 1.807) is 6.26 Å². The van der Waals surface area contributed by atoms with Gasteiger partial charge in [-0.25, -0.2) is 0 Å². The third kappa shape index (κ3) is 4.98. The smallest absolute Gasteiger partial charge is 0.126 e. The van der Waals surface area contributed by atoms with Gasteiger partial charge >= 0.3 is 0 Å². The molecule has 2 aromatic rings. The molecular formula is C19H22ClN3O. The van der Waals surface area contributed by atoms with E-state index >= 15 is 0 Å². The van der Waals surface area contributed by atoms with Gasteiger partial charge in [-0.3, -0.25) is 9.91 Å². The van der Waals surface area contributed by atoms with Crippen LogP contribution in [-0.4, -0.2) is 42.3 Å². The lowest BCUT2D eigenvalue weighted by molar-refractivity contribution is 0.131. The molecule has 5 heteroatoms. The van der Waals surface area contributed by atoms with Crippen LogP contribution in [0.5, 0.6) is 0 Å². The average Bonchev–Trinajstić information content (AvgIpc) is 3.09. The average molecular weight is 344 g/mol. The molecule has 3 rings (SSSR count). The maximum Gasteiger partial charge on any atom is 0.126 e. The fourth-order valence-electron chi connectivity index (χ4n) is 2.67. The van der Waals surface area contributed by atoms with Crippen molar-refractivity contribution in [1.82, 2.24) is 9.91 Å². The highest BCUT2D eigenvalue weighted by Crippen LogP contribution is 2.13. The molecule has 1 aliphatic rings. The van der Waals surface area contributed by atoms with Crippen molar-refractivity contribution < 1.29 is 4.42 Å². The van der Waals surface area contributed by atoms with Gasteiger partial charge in [-0.05, 0) is 48.4 Å². The van der Waals surface area contributed by atoms with Crippen LogP contribution in [0.4, 0.5) is 0 Å². The van der Waals surface area contributed by atoms with Gasteiger partial charge in [0.15, 0.2) is 0 Å². The number of halogens is 1. The van der Waals surface area contributed by atoms with Gasteiger partial charge in [0.2, 0.25) is 0 Å². The summed E-state index contributed by atoms with van der Waals surface area (Å²) in [6.45, 7) is 6.91. The first kappa shape index (κ1) is 16.8. The van der Waals surface area contributed by atoms with Gasteiger partial charge in [0.1, 0.15) is 5.76 Å². The van der Waals surface area contributed by atoms with Gasteiger partial charge in [-0.2, -0.15) is 5.10 Å². The van der Waals surface area contributed by atoms with Gasteiger partial charge in [0.05, 0.1) is 12.5 Å². The molecule has 24 heavy (non-hydrogen) atoms. The van der Waals surface area contributed by atoms with Crippen molar-refractivity contribution in [3.8, 4) is 0 Å². The van der Waals surface area contributed by atoms with Gasteiger partial charge in [0, 0.05) is 37.7 Å². The van der Waals surface area contributed by atoms with Crippen molar-refractivity contribution in [1.29, 1.82) is 0 Å². The minimum absolute atomic E-state index is 0.788. The molecule has 0 saturated carbocycles. The summed E-state index contributed by atoms with van der Waals surface area (Å²) in [5.74, 6) is 0.853. The van der Waals surface area contributed by atoms with E-state index in [2.05, 4.69) is 27.1 Å². The first-order valence-electron chi connectivity index (χ1n) is 8.16. The quantitative estimate of drug-likeness (QED) is 0.765. The van der Waals surface area contributed by atoms with Gasteiger partial charge in [-0.1, -0.05) is 23.7 Å². The number of rotatable bonds is 5. The second-order valence-electron chi connectivity index (χ2n) is 6.00. The lowest BCUT2D eigenvalue weighted by Crippen LogP contribution is -2.43. The molecule has 1 aliphatic heterocycles. The number of hydrazone groups is 1. The molecule has 126 valence electrons. The summed E-state index contributed by atoms with van der Waals surface area (Å²) in [6, 6.07) is 11.9. The lowest BCUT2D eigenvalue weighted by atomic mass is 10.2. The Bertz CT molecular complexity index is 684. The zero-order valence-corrected chi connectivity index (χ0v) is 14.6. The van der Waals surface area contributed by atoms with Crippen molar-refractivity contribution in [3.63, 3.8) is 0 Å². The second kappa shape index (κ2) is 8.18. The molecule has 0 spiro atoms. The number of furan rings is 1. The molecule has 0 radical (unpaired) electrons. The molecular weight excluding hydrogens is 322 g/mol. The molecule has 4 nitrogen and oxygen atoms in total. The number of piperazine rings is 1. The molecule has 1 saturated heterocycles. The normalized spacial score (nSPS) is 16.9. The van der Waals surface area contributed by atoms with Crippen molar-refractivity contribution >= 4 is 23.9 Å². The molecule has 0 amide bonds. The Morgan fingerprint density at radius 3 is 2.58 bits per heavy atom. The Morgan fingerprint density at radius 1 is 1.17 bits per heavy atom. The second-order valence-corrected chi connectivity index (χ2v) is 6.44. The Labute approximate surface area is 148 Å². The molecule has 1 aromatic heterocycles. The molecule has 1 fully saturated rings. The SMILES string of the molecule is CC(/C=N\N1CCN(Cc2ccc(Cl)cc2)CC1)=C\c1ccco1. The van der Waals surface area contributed by atoms with Gasteiger partial charge in [0.25, 0.3) is 0 Å². The van der Waals surface area contributed by atoms with Crippen LogP contribution in [0.15, 0.2) is 57.8 Å². The monoisotopic (exact) mass is 343 g/mol. The predicted octanol–water partition coefficient (Wildman–Crippen LogP) is 4.14. The number of allylic oxidation sites excluding steroid dienone is 1. The van der Waals surface area contributed by atoms with Crippen LogP contribution in [0, 0.1) is 0 Å². The molecule has 0 bridgehead atoms. The summed E-state index contributed by atoms with van der Waals surface area (Å²) >= 11 is 5.93. The summed E-state index contributed by atoms with van der Waals surface area (Å²) in [6.07, 6.45) is 5.56. The summed E-state index contributed by atoms with van der Waals surface area (Å²) in [7, 11) is 0. The van der Waals surface area contributed by atoms with Crippen molar-refractivity contribution in [2.45, 2.75) is 13.5 Å². The van der Waals surface area contributed by atoms with E-state index in [0.717, 1.165) is 49.1 Å². The number of benzene rings is 1. The minimum atomic E-state index is 0.788. The molecule has 0 unspecified atom stereocenters. The molecule has 1 aromatic carbocycles. The summed E-state index contributed by atoms with van der Waals surface area (Å²) in [5.41, 5.74) is 2.38. The third-order valence-corrected chi connectivity index (χ3v) is 4.26. The highest BCUT2D eigenvalue weighted by molar-refractivity contribution is 6.30. The highest BCUT2D eigenvalue weighted by Gasteiger charge is 2.15. The van der Waals surface area contributed by atoms with Crippen LogP contribution in [-0.2, 0) is 6.54 Å². The van der Waals surface area contributed by atoms with Crippen LogP contribution in [0.25, 0.3) is 6.08 Å². The molecule has 0 aliphatic carbocycles. The van der Waals surface area contributed by atoms with Crippen LogP contribution in [0.2, 0.25) is 5.02 Å². The standard InChI is InChI=1S/C19H22ClN3O/c1-16(13-19-3-2-12-24-19)14-21-23-10-8-22(9-11-23)15-17-4-6-18(20)7-5-17/h2-7,12-14H,8-11,15H2,1H3/b16-13+,21-14-. The number of hydrogen-bond donors (Lipinski definition) is 0. The van der Waals surface area contributed by atoms with Gasteiger partial charge in [-0.15, -0.1) is 0 Å². The Hall–Kier alpha value is -2.04. The van der Waals surface area contributed by atoms with E-state index in [1.165, 1.54) is 5.56 Å². The van der Waals surface area contributed by atoms with Crippen LogP contribution < -0.4 is 0 Å². The third-order valence-electron chi connectivity index (χ3n) is 4.01. The Kier molecular flexibility index (Phi) is 5.72. The molecule has 2 heterocycles. The summed E-state index contributed by atoms with van der Waals surface area (Å²) in [5, 5.41) is 7.48. The van der Waals surface area contributed by atoms with E-state index in [4.69, 9.17) is 16.0 Å². The van der Waals surface area contributed by atoms with Crippen LogP contribution in [0.3, 0.4) is 0 Å². The topological polar surface area (TPSA) is 32.0 Å². The van der Waals surface area contributed by atoms with E-state index in [0.29, 0.717) is 0 Å². The fraction of sp³-hybridized carbons (Fsp3) is 0.316. The lowest BCUT2D eigenvalue weighted by Gasteiger charge is -2.33. The zero-order chi connectivity index (χ0) is 16.8. The predicted molar refractivity (Wildman–Crippen MR) is 99.2 cm³/mol. The molecule has 0 atom stereocenters. The van der Waals surface area contributed by atoms with E-state index in [-0.39, 0.29) is 0 Å². The van der Waals surface area contributed by atoms with Crippen LogP contribution in [0.1, 0.15) is 18.2 Å². The summed E-state index contributed by atoms with van der Waals surface area (Å²) < 4.78 is 5.31. The fourth-order valence-corrected chi connectivity index (χ4v) is 2.79. The Morgan fingerprint density at radius 2 is 1.92 bits per heavy atom. The Balaban J connectivity index is 1.46. The maximum atomic E-state index is 5.93. The van der Waals surface area contributed by atoms with Gasteiger partial charge < -0.3 is 4.42 Å².